The van der Waals surface area contributed by atoms with Crippen molar-refractivity contribution in [1.82, 2.24) is 4.72 Å². The maximum Gasteiger partial charge on any atom is 0.216 e. The van der Waals surface area contributed by atoms with Gasteiger partial charge in [-0.05, 0) is 38.2 Å². The van der Waals surface area contributed by atoms with Gasteiger partial charge in [-0.25, -0.2) is 13.1 Å². The van der Waals surface area contributed by atoms with E-state index in [0.717, 1.165) is 24.0 Å². The Morgan fingerprint density at radius 2 is 1.90 bits per heavy atom. The lowest BCUT2D eigenvalue weighted by molar-refractivity contribution is 0.400. The van der Waals surface area contributed by atoms with Crippen LogP contribution in [0, 0.1) is 5.92 Å². The summed E-state index contributed by atoms with van der Waals surface area (Å²) in [5.74, 6) is 0.426. The van der Waals surface area contributed by atoms with E-state index in [1.165, 1.54) is 0 Å². The van der Waals surface area contributed by atoms with E-state index < -0.39 is 10.0 Å². The van der Waals surface area contributed by atoms with Gasteiger partial charge in [0.1, 0.15) is 4.99 Å². The molecule has 0 unspecified atom stereocenters. The maximum absolute atomic E-state index is 12.2. The summed E-state index contributed by atoms with van der Waals surface area (Å²) in [6.07, 6.45) is 2.19. The van der Waals surface area contributed by atoms with E-state index in [2.05, 4.69) is 4.72 Å². The number of rotatable bonds is 6. The highest BCUT2D eigenvalue weighted by molar-refractivity contribution is 7.88. The third kappa shape index (κ3) is 4.01. The molecule has 1 fully saturated rings. The minimum absolute atomic E-state index is 0.0270. The molecule has 0 saturated heterocycles. The Labute approximate surface area is 125 Å². The van der Waals surface area contributed by atoms with Gasteiger partial charge in [0.15, 0.2) is 0 Å². The standard InChI is InChI=1S/C14H20N2O2S2/c1-14(2,12-7-8-12)16-20(17,18)9-10-3-5-11(6-4-10)13(15)19/h3-6,12,16H,7-9H2,1-2H3,(H2,15,19). The largest absolute Gasteiger partial charge is 0.389 e. The lowest BCUT2D eigenvalue weighted by atomic mass is 10.0. The maximum atomic E-state index is 12.2. The van der Waals surface area contributed by atoms with Gasteiger partial charge in [0.2, 0.25) is 10.0 Å². The molecule has 2 rings (SSSR count). The molecule has 110 valence electrons. The molecule has 0 amide bonds. The van der Waals surface area contributed by atoms with E-state index in [9.17, 15) is 8.42 Å². The average Bonchev–Trinajstić information content (AvgIpc) is 3.11. The predicted octanol–water partition coefficient (Wildman–Crippen LogP) is 1.93. The molecule has 0 heterocycles. The van der Waals surface area contributed by atoms with Gasteiger partial charge in [-0.3, -0.25) is 0 Å². The Morgan fingerprint density at radius 1 is 1.35 bits per heavy atom. The fraction of sp³-hybridized carbons (Fsp3) is 0.500. The smallest absolute Gasteiger partial charge is 0.216 e. The molecule has 1 aromatic carbocycles. The zero-order chi connectivity index (χ0) is 15.0. The molecular weight excluding hydrogens is 292 g/mol. The van der Waals surface area contributed by atoms with Crippen LogP contribution in [0.4, 0.5) is 0 Å². The Balaban J connectivity index is 2.06. The number of nitrogens with two attached hydrogens (primary N) is 1. The third-order valence-corrected chi connectivity index (χ3v) is 5.40. The fourth-order valence-electron chi connectivity index (χ4n) is 2.31. The van der Waals surface area contributed by atoms with Crippen molar-refractivity contribution >= 4 is 27.2 Å². The van der Waals surface area contributed by atoms with Crippen molar-refractivity contribution in [1.29, 1.82) is 0 Å². The molecule has 0 bridgehead atoms. The molecule has 20 heavy (non-hydrogen) atoms. The summed E-state index contributed by atoms with van der Waals surface area (Å²) in [6.45, 7) is 3.89. The lowest BCUT2D eigenvalue weighted by Gasteiger charge is -2.25. The number of nitrogens with one attached hydrogen (secondary N) is 1. The second-order valence-electron chi connectivity index (χ2n) is 5.92. The number of sulfonamides is 1. The first-order valence-corrected chi connectivity index (χ1v) is 8.66. The molecular formula is C14H20N2O2S2. The second-order valence-corrected chi connectivity index (χ2v) is 8.08. The highest BCUT2D eigenvalue weighted by atomic mass is 32.2. The Kier molecular flexibility index (Phi) is 4.18. The molecule has 3 N–H and O–H groups in total. The van der Waals surface area contributed by atoms with Crippen LogP contribution in [0.2, 0.25) is 0 Å². The van der Waals surface area contributed by atoms with Crippen LogP contribution >= 0.6 is 12.2 Å². The normalized spacial score (nSPS) is 16.1. The summed E-state index contributed by atoms with van der Waals surface area (Å²) in [6, 6.07) is 6.99. The van der Waals surface area contributed by atoms with Gasteiger partial charge in [-0.2, -0.15) is 0 Å². The highest BCUT2D eigenvalue weighted by Gasteiger charge is 2.40. The Hall–Kier alpha value is -0.980. The molecule has 6 heteroatoms. The van der Waals surface area contributed by atoms with Crippen LogP contribution in [0.5, 0.6) is 0 Å². The van der Waals surface area contributed by atoms with Crippen LogP contribution in [-0.4, -0.2) is 18.9 Å². The molecule has 0 radical (unpaired) electrons. The van der Waals surface area contributed by atoms with Crippen molar-refractivity contribution in [2.24, 2.45) is 11.7 Å². The quantitative estimate of drug-likeness (QED) is 0.787. The summed E-state index contributed by atoms with van der Waals surface area (Å²) < 4.78 is 27.2. The number of hydrogen-bond acceptors (Lipinski definition) is 3. The van der Waals surface area contributed by atoms with Crippen molar-refractivity contribution in [3.05, 3.63) is 35.4 Å². The number of thiocarbonyl (C=S) groups is 1. The molecule has 1 aliphatic carbocycles. The van der Waals surface area contributed by atoms with E-state index >= 15 is 0 Å². The zero-order valence-corrected chi connectivity index (χ0v) is 13.4. The van der Waals surface area contributed by atoms with Crippen LogP contribution in [0.3, 0.4) is 0 Å². The van der Waals surface area contributed by atoms with Crippen molar-refractivity contribution in [3.8, 4) is 0 Å². The first-order chi connectivity index (χ1) is 9.20. The van der Waals surface area contributed by atoms with Crippen molar-refractivity contribution < 1.29 is 8.42 Å². The number of benzene rings is 1. The molecule has 4 nitrogen and oxygen atoms in total. The Bertz CT molecular complexity index is 603. The summed E-state index contributed by atoms with van der Waals surface area (Å²) in [5.41, 5.74) is 6.62. The predicted molar refractivity (Wildman–Crippen MR) is 84.9 cm³/mol. The van der Waals surface area contributed by atoms with Crippen LogP contribution < -0.4 is 10.5 Å². The fourth-order valence-corrected chi connectivity index (χ4v) is 4.12. The highest BCUT2D eigenvalue weighted by Crippen LogP contribution is 2.39. The van der Waals surface area contributed by atoms with Crippen molar-refractivity contribution in [3.63, 3.8) is 0 Å². The lowest BCUT2D eigenvalue weighted by Crippen LogP contribution is -2.45. The summed E-state index contributed by atoms with van der Waals surface area (Å²) >= 11 is 4.87. The first-order valence-electron chi connectivity index (χ1n) is 6.60. The minimum Gasteiger partial charge on any atom is -0.389 e. The van der Waals surface area contributed by atoms with Gasteiger partial charge in [-0.15, -0.1) is 0 Å². The summed E-state index contributed by atoms with van der Waals surface area (Å²) in [7, 11) is -3.34. The molecule has 0 spiro atoms. The van der Waals surface area contributed by atoms with Crippen molar-refractivity contribution in [2.75, 3.05) is 0 Å². The molecule has 0 aromatic heterocycles. The van der Waals surface area contributed by atoms with Gasteiger partial charge in [0.25, 0.3) is 0 Å². The van der Waals surface area contributed by atoms with Crippen LogP contribution in [0.15, 0.2) is 24.3 Å². The van der Waals surface area contributed by atoms with Crippen LogP contribution in [-0.2, 0) is 15.8 Å². The van der Waals surface area contributed by atoms with E-state index in [1.54, 1.807) is 24.3 Å². The summed E-state index contributed by atoms with van der Waals surface area (Å²) in [4.78, 5) is 0.312. The van der Waals surface area contributed by atoms with Gasteiger partial charge >= 0.3 is 0 Å². The molecule has 0 aliphatic heterocycles. The van der Waals surface area contributed by atoms with Crippen LogP contribution in [0.1, 0.15) is 37.8 Å². The first kappa shape index (κ1) is 15.4. The van der Waals surface area contributed by atoms with Crippen LogP contribution in [0.25, 0.3) is 0 Å². The zero-order valence-electron chi connectivity index (χ0n) is 11.7. The van der Waals surface area contributed by atoms with E-state index in [-0.39, 0.29) is 11.3 Å². The Morgan fingerprint density at radius 3 is 2.35 bits per heavy atom. The van der Waals surface area contributed by atoms with Gasteiger partial charge in [-0.1, -0.05) is 36.5 Å². The molecule has 1 saturated carbocycles. The monoisotopic (exact) mass is 312 g/mol. The SMILES string of the molecule is CC(C)(NS(=O)(=O)Cc1ccc(C(N)=S)cc1)C1CC1. The molecule has 0 atom stereocenters. The van der Waals surface area contributed by atoms with E-state index in [0.29, 0.717) is 10.9 Å². The minimum atomic E-state index is -3.34. The molecule has 1 aromatic rings. The number of hydrogen-bond donors (Lipinski definition) is 2. The van der Waals surface area contributed by atoms with E-state index in [1.807, 2.05) is 13.8 Å². The summed E-state index contributed by atoms with van der Waals surface area (Å²) in [5, 5.41) is 0. The third-order valence-electron chi connectivity index (χ3n) is 3.61. The molecule has 1 aliphatic rings. The van der Waals surface area contributed by atoms with Crippen molar-refractivity contribution in [2.45, 2.75) is 38.0 Å². The van der Waals surface area contributed by atoms with Gasteiger partial charge < -0.3 is 5.73 Å². The average molecular weight is 312 g/mol. The van der Waals surface area contributed by atoms with E-state index in [4.69, 9.17) is 18.0 Å². The van der Waals surface area contributed by atoms with Gasteiger partial charge in [0, 0.05) is 11.1 Å². The van der Waals surface area contributed by atoms with Gasteiger partial charge in [0.05, 0.1) is 5.75 Å². The second kappa shape index (κ2) is 5.42. The topological polar surface area (TPSA) is 72.2 Å².